The Morgan fingerprint density at radius 3 is 2.60 bits per heavy atom. The molecule has 1 fully saturated rings. The molecule has 2 atom stereocenters. The molecule has 0 aromatic heterocycles. The molecule has 1 saturated heterocycles. The van der Waals surface area contributed by atoms with Gasteiger partial charge in [-0.2, -0.15) is 0 Å². The van der Waals surface area contributed by atoms with Gasteiger partial charge in [0.15, 0.2) is 0 Å². The molecule has 1 amide bonds. The monoisotopic (exact) mass is 214 g/mol. The summed E-state index contributed by atoms with van der Waals surface area (Å²) < 4.78 is 0. The first-order valence-corrected chi connectivity index (χ1v) is 5.77. The fraction of sp³-hybridized carbons (Fsp3) is 0.909. The number of aliphatic hydroxyl groups excluding tert-OH is 1. The summed E-state index contributed by atoms with van der Waals surface area (Å²) >= 11 is 0. The molecule has 0 aromatic rings. The maximum Gasteiger partial charge on any atom is 0.223 e. The number of hydrogen-bond acceptors (Lipinski definition) is 3. The molecule has 1 aliphatic rings. The molecule has 0 bridgehead atoms. The van der Waals surface area contributed by atoms with Gasteiger partial charge in [-0.25, -0.2) is 0 Å². The van der Waals surface area contributed by atoms with Gasteiger partial charge in [-0.3, -0.25) is 4.79 Å². The van der Waals surface area contributed by atoms with Crippen LogP contribution in [0.2, 0.25) is 0 Å². The van der Waals surface area contributed by atoms with E-state index < -0.39 is 0 Å². The molecular weight excluding hydrogens is 192 g/mol. The molecule has 1 aliphatic heterocycles. The predicted octanol–water partition coefficient (Wildman–Crippen LogP) is 0.119. The SMILES string of the molecule is CC(CO)C(C)NC(=O)C1CCNCC1. The molecule has 0 radical (unpaired) electrons. The molecule has 15 heavy (non-hydrogen) atoms. The van der Waals surface area contributed by atoms with Gasteiger partial charge in [0.05, 0.1) is 0 Å². The van der Waals surface area contributed by atoms with E-state index in [2.05, 4.69) is 10.6 Å². The first-order chi connectivity index (χ1) is 7.15. The molecule has 1 heterocycles. The molecule has 0 spiro atoms. The summed E-state index contributed by atoms with van der Waals surface area (Å²) in [5.74, 6) is 0.416. The third-order valence-electron chi connectivity index (χ3n) is 3.22. The van der Waals surface area contributed by atoms with Crippen LogP contribution in [0.5, 0.6) is 0 Å². The lowest BCUT2D eigenvalue weighted by atomic mass is 9.96. The number of aliphatic hydroxyl groups is 1. The van der Waals surface area contributed by atoms with Crippen molar-refractivity contribution in [2.45, 2.75) is 32.7 Å². The maximum atomic E-state index is 11.8. The standard InChI is InChI=1S/C11H22N2O2/c1-8(7-14)9(2)13-11(15)10-3-5-12-6-4-10/h8-10,12,14H,3-7H2,1-2H3,(H,13,15). The number of carbonyl (C=O) groups is 1. The number of nitrogens with one attached hydrogen (secondary N) is 2. The largest absolute Gasteiger partial charge is 0.396 e. The van der Waals surface area contributed by atoms with Crippen molar-refractivity contribution in [2.24, 2.45) is 11.8 Å². The van der Waals surface area contributed by atoms with Crippen molar-refractivity contribution in [3.05, 3.63) is 0 Å². The fourth-order valence-corrected chi connectivity index (χ4v) is 1.73. The van der Waals surface area contributed by atoms with Crippen LogP contribution in [0.4, 0.5) is 0 Å². The molecule has 4 nitrogen and oxygen atoms in total. The maximum absolute atomic E-state index is 11.8. The average molecular weight is 214 g/mol. The van der Waals surface area contributed by atoms with E-state index in [0.717, 1.165) is 25.9 Å². The van der Waals surface area contributed by atoms with E-state index >= 15 is 0 Å². The van der Waals surface area contributed by atoms with Crippen LogP contribution < -0.4 is 10.6 Å². The van der Waals surface area contributed by atoms with E-state index in [4.69, 9.17) is 5.11 Å². The van der Waals surface area contributed by atoms with Gasteiger partial charge in [0.2, 0.25) is 5.91 Å². The van der Waals surface area contributed by atoms with E-state index in [0.29, 0.717) is 0 Å². The number of rotatable bonds is 4. The van der Waals surface area contributed by atoms with Crippen molar-refractivity contribution in [3.63, 3.8) is 0 Å². The van der Waals surface area contributed by atoms with Gasteiger partial charge in [0.25, 0.3) is 0 Å². The molecule has 0 aliphatic carbocycles. The molecule has 4 heteroatoms. The Kier molecular flexibility index (Phi) is 5.05. The molecule has 1 rings (SSSR count). The lowest BCUT2D eigenvalue weighted by Gasteiger charge is -2.25. The lowest BCUT2D eigenvalue weighted by molar-refractivity contribution is -0.126. The van der Waals surface area contributed by atoms with Crippen molar-refractivity contribution in [2.75, 3.05) is 19.7 Å². The van der Waals surface area contributed by atoms with Crippen LogP contribution in [-0.4, -0.2) is 36.8 Å². The summed E-state index contributed by atoms with van der Waals surface area (Å²) in [6.45, 7) is 5.87. The summed E-state index contributed by atoms with van der Waals surface area (Å²) in [6.07, 6.45) is 1.85. The first kappa shape index (κ1) is 12.5. The van der Waals surface area contributed by atoms with Crippen LogP contribution >= 0.6 is 0 Å². The number of piperidine rings is 1. The van der Waals surface area contributed by atoms with Gasteiger partial charge >= 0.3 is 0 Å². The van der Waals surface area contributed by atoms with Crippen molar-refractivity contribution in [1.29, 1.82) is 0 Å². The van der Waals surface area contributed by atoms with Crippen molar-refractivity contribution >= 4 is 5.91 Å². The highest BCUT2D eigenvalue weighted by Gasteiger charge is 2.23. The molecule has 2 unspecified atom stereocenters. The number of amides is 1. The molecule has 88 valence electrons. The zero-order chi connectivity index (χ0) is 11.3. The van der Waals surface area contributed by atoms with Crippen LogP contribution in [0, 0.1) is 11.8 Å². The van der Waals surface area contributed by atoms with Crippen molar-refractivity contribution in [1.82, 2.24) is 10.6 Å². The Morgan fingerprint density at radius 1 is 1.47 bits per heavy atom. The van der Waals surface area contributed by atoms with E-state index in [9.17, 15) is 4.79 Å². The molecule has 0 aromatic carbocycles. The van der Waals surface area contributed by atoms with Crippen LogP contribution in [0.3, 0.4) is 0 Å². The highest BCUT2D eigenvalue weighted by Crippen LogP contribution is 2.12. The van der Waals surface area contributed by atoms with Crippen LogP contribution in [0.1, 0.15) is 26.7 Å². The third kappa shape index (κ3) is 3.80. The molecule has 0 saturated carbocycles. The smallest absolute Gasteiger partial charge is 0.223 e. The second-order valence-corrected chi connectivity index (χ2v) is 4.48. The van der Waals surface area contributed by atoms with Crippen molar-refractivity contribution < 1.29 is 9.90 Å². The Bertz CT molecular complexity index is 203. The minimum Gasteiger partial charge on any atom is -0.396 e. The second-order valence-electron chi connectivity index (χ2n) is 4.48. The van der Waals surface area contributed by atoms with Crippen LogP contribution in [0.15, 0.2) is 0 Å². The minimum absolute atomic E-state index is 0.0531. The Morgan fingerprint density at radius 2 is 2.07 bits per heavy atom. The molecular formula is C11H22N2O2. The zero-order valence-electron chi connectivity index (χ0n) is 9.62. The van der Waals surface area contributed by atoms with Gasteiger partial charge in [0.1, 0.15) is 0 Å². The normalized spacial score (nSPS) is 22.1. The minimum atomic E-state index is 0.0531. The van der Waals surface area contributed by atoms with E-state index in [1.54, 1.807) is 0 Å². The zero-order valence-corrected chi connectivity index (χ0v) is 9.62. The highest BCUT2D eigenvalue weighted by atomic mass is 16.3. The summed E-state index contributed by atoms with van der Waals surface area (Å²) in [4.78, 5) is 11.8. The van der Waals surface area contributed by atoms with Gasteiger partial charge in [0, 0.05) is 18.6 Å². The summed E-state index contributed by atoms with van der Waals surface area (Å²) in [5, 5.41) is 15.2. The van der Waals surface area contributed by atoms with Gasteiger partial charge in [-0.1, -0.05) is 6.92 Å². The Balaban J connectivity index is 2.33. The van der Waals surface area contributed by atoms with E-state index in [-0.39, 0.29) is 30.4 Å². The highest BCUT2D eigenvalue weighted by molar-refractivity contribution is 5.79. The lowest BCUT2D eigenvalue weighted by Crippen LogP contribution is -2.44. The van der Waals surface area contributed by atoms with E-state index in [1.165, 1.54) is 0 Å². The third-order valence-corrected chi connectivity index (χ3v) is 3.22. The summed E-state index contributed by atoms with van der Waals surface area (Å²) in [7, 11) is 0. The van der Waals surface area contributed by atoms with Gasteiger partial charge in [-0.05, 0) is 38.8 Å². The topological polar surface area (TPSA) is 61.4 Å². The first-order valence-electron chi connectivity index (χ1n) is 5.77. The van der Waals surface area contributed by atoms with Crippen LogP contribution in [-0.2, 0) is 4.79 Å². The Hall–Kier alpha value is -0.610. The van der Waals surface area contributed by atoms with E-state index in [1.807, 2.05) is 13.8 Å². The average Bonchev–Trinajstić information content (AvgIpc) is 2.29. The second kappa shape index (κ2) is 6.08. The Labute approximate surface area is 91.4 Å². The van der Waals surface area contributed by atoms with Crippen molar-refractivity contribution in [3.8, 4) is 0 Å². The summed E-state index contributed by atoms with van der Waals surface area (Å²) in [6, 6.07) is 0.0531. The van der Waals surface area contributed by atoms with Gasteiger partial charge in [-0.15, -0.1) is 0 Å². The quantitative estimate of drug-likeness (QED) is 0.623. The summed E-state index contributed by atoms with van der Waals surface area (Å²) in [5.41, 5.74) is 0. The predicted molar refractivity (Wildman–Crippen MR) is 59.4 cm³/mol. The van der Waals surface area contributed by atoms with Gasteiger partial charge < -0.3 is 15.7 Å². The fourth-order valence-electron chi connectivity index (χ4n) is 1.73. The van der Waals surface area contributed by atoms with Crippen LogP contribution in [0.25, 0.3) is 0 Å². The molecule has 3 N–H and O–H groups in total. The number of hydrogen-bond donors (Lipinski definition) is 3. The number of carbonyl (C=O) groups excluding carboxylic acids is 1.